The second-order valence-corrected chi connectivity index (χ2v) is 5.54. The van der Waals surface area contributed by atoms with Crippen LogP contribution in [-0.4, -0.2) is 9.97 Å². The molecule has 0 fully saturated rings. The van der Waals surface area contributed by atoms with Crippen LogP contribution in [0.4, 0.5) is 15.9 Å². The Morgan fingerprint density at radius 2 is 2.00 bits per heavy atom. The summed E-state index contributed by atoms with van der Waals surface area (Å²) < 4.78 is 14.3. The fourth-order valence-corrected chi connectivity index (χ4v) is 2.12. The number of nitrogens with one attached hydrogen (secondary N) is 1. The summed E-state index contributed by atoms with van der Waals surface area (Å²) in [6, 6.07) is 3.08. The van der Waals surface area contributed by atoms with Crippen molar-refractivity contribution in [1.82, 2.24) is 9.97 Å². The molecule has 1 aromatic carbocycles. The van der Waals surface area contributed by atoms with Crippen molar-refractivity contribution < 1.29 is 4.39 Å². The van der Waals surface area contributed by atoms with Crippen LogP contribution in [0.2, 0.25) is 5.15 Å². The van der Waals surface area contributed by atoms with E-state index < -0.39 is 0 Å². The Morgan fingerprint density at radius 3 is 2.72 bits per heavy atom. The molecule has 0 amide bonds. The highest BCUT2D eigenvalue weighted by Crippen LogP contribution is 2.31. The first-order valence-electron chi connectivity index (χ1n) is 4.87. The molecule has 7 heteroatoms. The zero-order valence-electron chi connectivity index (χ0n) is 9.14. The molecule has 2 aromatic rings. The van der Waals surface area contributed by atoms with E-state index >= 15 is 0 Å². The lowest BCUT2D eigenvalue weighted by Gasteiger charge is -2.11. The van der Waals surface area contributed by atoms with Gasteiger partial charge in [0.2, 0.25) is 0 Å². The second kappa shape index (κ2) is 5.50. The number of aromatic nitrogens is 2. The normalized spacial score (nSPS) is 10.5. The van der Waals surface area contributed by atoms with Gasteiger partial charge in [0.25, 0.3) is 0 Å². The molecule has 18 heavy (non-hydrogen) atoms. The molecule has 0 bridgehead atoms. The first-order valence-corrected chi connectivity index (χ1v) is 6.84. The molecule has 0 saturated carbocycles. The van der Waals surface area contributed by atoms with Gasteiger partial charge in [-0.15, -0.1) is 0 Å². The fourth-order valence-electron chi connectivity index (χ4n) is 1.34. The molecule has 2 rings (SSSR count). The van der Waals surface area contributed by atoms with Gasteiger partial charge in [-0.25, -0.2) is 14.4 Å². The topological polar surface area (TPSA) is 37.8 Å². The maximum absolute atomic E-state index is 13.3. The van der Waals surface area contributed by atoms with Crippen molar-refractivity contribution in [1.29, 1.82) is 0 Å². The van der Waals surface area contributed by atoms with E-state index in [4.69, 9.17) is 11.6 Å². The predicted octanol–water partition coefficient (Wildman–Crippen LogP) is 4.85. The van der Waals surface area contributed by atoms with Gasteiger partial charge in [0, 0.05) is 5.69 Å². The minimum absolute atomic E-state index is 0.308. The van der Waals surface area contributed by atoms with Gasteiger partial charge in [0.1, 0.15) is 23.1 Å². The standard InChI is InChI=1S/C11H7Br2ClFN3/c1-5-2-7(15)6(12)3-8(5)18-11-9(13)10(14)16-4-17-11/h2-4H,1H3,(H,16,17,18). The molecule has 0 aliphatic carbocycles. The lowest BCUT2D eigenvalue weighted by Crippen LogP contribution is -1.99. The Bertz CT molecular complexity index is 607. The van der Waals surface area contributed by atoms with E-state index in [2.05, 4.69) is 47.1 Å². The van der Waals surface area contributed by atoms with Gasteiger partial charge in [0.15, 0.2) is 0 Å². The molecule has 0 atom stereocenters. The lowest BCUT2D eigenvalue weighted by molar-refractivity contribution is 0.620. The second-order valence-electron chi connectivity index (χ2n) is 3.53. The van der Waals surface area contributed by atoms with E-state index in [9.17, 15) is 4.39 Å². The van der Waals surface area contributed by atoms with Crippen LogP contribution in [0.3, 0.4) is 0 Å². The van der Waals surface area contributed by atoms with Crippen molar-refractivity contribution in [3.05, 3.63) is 43.9 Å². The van der Waals surface area contributed by atoms with Crippen LogP contribution in [-0.2, 0) is 0 Å². The van der Waals surface area contributed by atoms with E-state index in [1.807, 2.05) is 0 Å². The lowest BCUT2D eigenvalue weighted by atomic mass is 10.2. The number of rotatable bonds is 2. The van der Waals surface area contributed by atoms with Gasteiger partial charge in [-0.1, -0.05) is 11.6 Å². The number of aryl methyl sites for hydroxylation is 1. The third-order valence-corrected chi connectivity index (χ3v) is 4.14. The Labute approximate surface area is 125 Å². The van der Waals surface area contributed by atoms with Crippen LogP contribution in [0.5, 0.6) is 0 Å². The van der Waals surface area contributed by atoms with E-state index in [0.29, 0.717) is 19.9 Å². The molecule has 1 N–H and O–H groups in total. The van der Waals surface area contributed by atoms with Crippen molar-refractivity contribution in [3.8, 4) is 0 Å². The summed E-state index contributed by atoms with van der Waals surface area (Å²) in [4.78, 5) is 7.90. The molecule has 0 saturated heterocycles. The van der Waals surface area contributed by atoms with Crippen LogP contribution in [0.15, 0.2) is 27.4 Å². The summed E-state index contributed by atoms with van der Waals surface area (Å²) in [5.74, 6) is 0.217. The van der Waals surface area contributed by atoms with Crippen LogP contribution in [0.1, 0.15) is 5.56 Å². The Balaban J connectivity index is 2.40. The minimum atomic E-state index is -0.308. The quantitative estimate of drug-likeness (QED) is 0.739. The van der Waals surface area contributed by atoms with Crippen LogP contribution >= 0.6 is 43.5 Å². The Kier molecular flexibility index (Phi) is 4.19. The molecule has 0 aliphatic rings. The van der Waals surface area contributed by atoms with Crippen molar-refractivity contribution in [2.24, 2.45) is 0 Å². The number of halogens is 4. The molecule has 1 aromatic heterocycles. The van der Waals surface area contributed by atoms with E-state index in [0.717, 1.165) is 11.3 Å². The molecule has 0 radical (unpaired) electrons. The SMILES string of the molecule is Cc1cc(F)c(Br)cc1Nc1ncnc(Cl)c1Br. The largest absolute Gasteiger partial charge is 0.339 e. The van der Waals surface area contributed by atoms with Crippen molar-refractivity contribution in [3.63, 3.8) is 0 Å². The third kappa shape index (κ3) is 2.81. The first-order chi connectivity index (χ1) is 8.49. The highest BCUT2D eigenvalue weighted by Gasteiger charge is 2.10. The van der Waals surface area contributed by atoms with Crippen LogP contribution in [0.25, 0.3) is 0 Å². The highest BCUT2D eigenvalue weighted by atomic mass is 79.9. The predicted molar refractivity (Wildman–Crippen MR) is 76.9 cm³/mol. The van der Waals surface area contributed by atoms with Crippen molar-refractivity contribution in [2.75, 3.05) is 5.32 Å². The summed E-state index contributed by atoms with van der Waals surface area (Å²) in [6.07, 6.45) is 1.35. The zero-order valence-corrected chi connectivity index (χ0v) is 13.1. The van der Waals surface area contributed by atoms with Gasteiger partial charge < -0.3 is 5.32 Å². The molecule has 0 spiro atoms. The Morgan fingerprint density at radius 1 is 1.28 bits per heavy atom. The number of anilines is 2. The third-order valence-electron chi connectivity index (χ3n) is 2.27. The zero-order chi connectivity index (χ0) is 13.3. The number of benzene rings is 1. The summed E-state index contributed by atoms with van der Waals surface area (Å²) in [5.41, 5.74) is 1.50. The molecule has 1 heterocycles. The number of hydrogen-bond acceptors (Lipinski definition) is 3. The maximum atomic E-state index is 13.3. The van der Waals surface area contributed by atoms with E-state index in [1.54, 1.807) is 13.0 Å². The molecule has 0 aliphatic heterocycles. The Hall–Kier alpha value is -0.720. The van der Waals surface area contributed by atoms with Gasteiger partial charge in [0.05, 0.1) is 8.95 Å². The monoisotopic (exact) mass is 393 g/mol. The van der Waals surface area contributed by atoms with Gasteiger partial charge in [-0.3, -0.25) is 0 Å². The van der Waals surface area contributed by atoms with Crippen LogP contribution < -0.4 is 5.32 Å². The molecule has 0 unspecified atom stereocenters. The first kappa shape index (κ1) is 13.7. The maximum Gasteiger partial charge on any atom is 0.149 e. The van der Waals surface area contributed by atoms with Crippen LogP contribution in [0, 0.1) is 12.7 Å². The summed E-state index contributed by atoms with van der Waals surface area (Å²) in [7, 11) is 0. The average Bonchev–Trinajstić information content (AvgIpc) is 2.32. The van der Waals surface area contributed by atoms with Crippen molar-refractivity contribution >= 4 is 55.0 Å². The number of hydrogen-bond donors (Lipinski definition) is 1. The van der Waals surface area contributed by atoms with Gasteiger partial charge >= 0.3 is 0 Å². The van der Waals surface area contributed by atoms with E-state index in [1.165, 1.54) is 12.4 Å². The summed E-state index contributed by atoms with van der Waals surface area (Å²) in [6.45, 7) is 1.80. The number of nitrogens with zero attached hydrogens (tertiary/aromatic N) is 2. The fraction of sp³-hybridized carbons (Fsp3) is 0.0909. The van der Waals surface area contributed by atoms with Crippen molar-refractivity contribution in [2.45, 2.75) is 6.92 Å². The summed E-state index contributed by atoms with van der Waals surface area (Å²) in [5, 5.41) is 3.38. The van der Waals surface area contributed by atoms with E-state index in [-0.39, 0.29) is 5.82 Å². The smallest absolute Gasteiger partial charge is 0.149 e. The minimum Gasteiger partial charge on any atom is -0.339 e. The molecule has 94 valence electrons. The average molecular weight is 395 g/mol. The molecular weight excluding hydrogens is 388 g/mol. The molecule has 3 nitrogen and oxygen atoms in total. The van der Waals surface area contributed by atoms with Gasteiger partial charge in [-0.05, 0) is 56.5 Å². The molecular formula is C11H7Br2ClFN3. The highest BCUT2D eigenvalue weighted by molar-refractivity contribution is 9.11. The summed E-state index contributed by atoms with van der Waals surface area (Å²) >= 11 is 12.3. The van der Waals surface area contributed by atoms with Gasteiger partial charge in [-0.2, -0.15) is 0 Å².